The standard InChI is InChI=1S/C18H39N5O2S.HI/c1-5-9-13-22-14-10-17(11-15-22)21-18(19-6-2)20-12-16-26(24,25)23(7-3)8-4;/h17H,5-16H2,1-4H3,(H2,19,20,21);1H. The average Bonchev–Trinajstić information content (AvgIpc) is 2.62. The molecule has 0 saturated carbocycles. The van der Waals surface area contributed by atoms with Gasteiger partial charge in [0.15, 0.2) is 5.96 Å². The fourth-order valence-electron chi connectivity index (χ4n) is 3.21. The Kier molecular flexibility index (Phi) is 14.7. The van der Waals surface area contributed by atoms with Crippen molar-refractivity contribution in [3.63, 3.8) is 0 Å². The Morgan fingerprint density at radius 1 is 1.15 bits per heavy atom. The monoisotopic (exact) mass is 517 g/mol. The van der Waals surface area contributed by atoms with E-state index in [-0.39, 0.29) is 36.3 Å². The summed E-state index contributed by atoms with van der Waals surface area (Å²) in [4.78, 5) is 7.02. The molecule has 9 heteroatoms. The number of aliphatic imine (C=N–C) groups is 1. The topological polar surface area (TPSA) is 77.0 Å². The molecule has 1 rings (SSSR count). The number of likely N-dealkylation sites (tertiary alicyclic amines) is 1. The lowest BCUT2D eigenvalue weighted by molar-refractivity contribution is 0.203. The molecule has 0 radical (unpaired) electrons. The number of guanidine groups is 1. The van der Waals surface area contributed by atoms with Gasteiger partial charge < -0.3 is 15.5 Å². The molecule has 0 aromatic rings. The molecule has 0 aliphatic carbocycles. The van der Waals surface area contributed by atoms with E-state index in [0.717, 1.165) is 38.4 Å². The Labute approximate surface area is 183 Å². The van der Waals surface area contributed by atoms with Gasteiger partial charge in [0.05, 0.1) is 12.3 Å². The summed E-state index contributed by atoms with van der Waals surface area (Å²) in [5.74, 6) is 0.787. The smallest absolute Gasteiger partial charge is 0.215 e. The average molecular weight is 518 g/mol. The third-order valence-electron chi connectivity index (χ3n) is 4.82. The van der Waals surface area contributed by atoms with Gasteiger partial charge in [-0.2, -0.15) is 0 Å². The maximum atomic E-state index is 12.3. The number of sulfonamides is 1. The fraction of sp³-hybridized carbons (Fsp3) is 0.944. The lowest BCUT2D eigenvalue weighted by Crippen LogP contribution is -2.49. The van der Waals surface area contributed by atoms with Crippen LogP contribution in [0.3, 0.4) is 0 Å². The van der Waals surface area contributed by atoms with Gasteiger partial charge >= 0.3 is 0 Å². The molecule has 1 aliphatic heterocycles. The maximum absolute atomic E-state index is 12.3. The molecular weight excluding hydrogens is 477 g/mol. The molecule has 0 unspecified atom stereocenters. The highest BCUT2D eigenvalue weighted by atomic mass is 127. The van der Waals surface area contributed by atoms with E-state index in [1.54, 1.807) is 0 Å². The van der Waals surface area contributed by atoms with Crippen LogP contribution in [0.1, 0.15) is 53.4 Å². The van der Waals surface area contributed by atoms with Gasteiger partial charge in [0.2, 0.25) is 10.0 Å². The highest BCUT2D eigenvalue weighted by molar-refractivity contribution is 14.0. The predicted octanol–water partition coefficient (Wildman–Crippen LogP) is 2.10. The molecule has 1 aliphatic rings. The second kappa shape index (κ2) is 14.8. The highest BCUT2D eigenvalue weighted by Gasteiger charge is 2.20. The van der Waals surface area contributed by atoms with Gasteiger partial charge in [-0.05, 0) is 32.7 Å². The summed E-state index contributed by atoms with van der Waals surface area (Å²) < 4.78 is 26.0. The van der Waals surface area contributed by atoms with Crippen molar-refractivity contribution >= 4 is 40.0 Å². The fourth-order valence-corrected chi connectivity index (χ4v) is 4.58. The van der Waals surface area contributed by atoms with Crippen molar-refractivity contribution in [3.05, 3.63) is 0 Å². The summed E-state index contributed by atoms with van der Waals surface area (Å²) in [6, 6.07) is 0.407. The van der Waals surface area contributed by atoms with Crippen LogP contribution in [0.2, 0.25) is 0 Å². The number of hydrogen-bond acceptors (Lipinski definition) is 4. The van der Waals surface area contributed by atoms with Crippen LogP contribution in [0.5, 0.6) is 0 Å². The first kappa shape index (κ1) is 26.9. The van der Waals surface area contributed by atoms with Crippen molar-refractivity contribution in [1.82, 2.24) is 19.8 Å². The summed E-state index contributed by atoms with van der Waals surface area (Å²) in [6.07, 6.45) is 4.72. The van der Waals surface area contributed by atoms with Gasteiger partial charge in [0.25, 0.3) is 0 Å². The quantitative estimate of drug-likeness (QED) is 0.250. The number of halogens is 1. The Hall–Kier alpha value is -0.130. The molecular formula is C18H40IN5O2S. The second-order valence-corrected chi connectivity index (χ2v) is 8.86. The van der Waals surface area contributed by atoms with Crippen LogP contribution in [0.25, 0.3) is 0 Å². The SMILES string of the molecule is CCCCN1CCC(NC(=NCCS(=O)(=O)N(CC)CC)NCC)CC1.I. The van der Waals surface area contributed by atoms with Crippen molar-refractivity contribution in [2.24, 2.45) is 4.99 Å². The molecule has 2 N–H and O–H groups in total. The Morgan fingerprint density at radius 3 is 2.30 bits per heavy atom. The van der Waals surface area contributed by atoms with Gasteiger partial charge in [0.1, 0.15) is 0 Å². The van der Waals surface area contributed by atoms with Gasteiger partial charge in [-0.15, -0.1) is 24.0 Å². The van der Waals surface area contributed by atoms with E-state index in [9.17, 15) is 8.42 Å². The summed E-state index contributed by atoms with van der Waals surface area (Å²) in [5, 5.41) is 6.72. The van der Waals surface area contributed by atoms with Crippen molar-refractivity contribution in [2.75, 3.05) is 51.6 Å². The van der Waals surface area contributed by atoms with Crippen LogP contribution in [0, 0.1) is 0 Å². The minimum atomic E-state index is -3.22. The van der Waals surface area contributed by atoms with E-state index in [2.05, 4.69) is 27.4 Å². The largest absolute Gasteiger partial charge is 0.357 e. The number of piperidine rings is 1. The van der Waals surface area contributed by atoms with Crippen molar-refractivity contribution < 1.29 is 8.42 Å². The maximum Gasteiger partial charge on any atom is 0.215 e. The number of nitrogens with zero attached hydrogens (tertiary/aromatic N) is 3. The second-order valence-electron chi connectivity index (χ2n) is 6.77. The van der Waals surface area contributed by atoms with Crippen LogP contribution >= 0.6 is 24.0 Å². The van der Waals surface area contributed by atoms with Gasteiger partial charge in [-0.1, -0.05) is 27.2 Å². The third-order valence-corrected chi connectivity index (χ3v) is 6.82. The lowest BCUT2D eigenvalue weighted by Gasteiger charge is -2.33. The Bertz CT molecular complexity index is 504. The van der Waals surface area contributed by atoms with Crippen LogP contribution in [-0.4, -0.2) is 81.2 Å². The zero-order valence-electron chi connectivity index (χ0n) is 17.5. The number of unbranched alkanes of at least 4 members (excludes halogenated alkanes) is 1. The lowest BCUT2D eigenvalue weighted by atomic mass is 10.0. The molecule has 0 spiro atoms. The molecule has 1 fully saturated rings. The summed E-state index contributed by atoms with van der Waals surface area (Å²) in [7, 11) is -3.22. The van der Waals surface area contributed by atoms with E-state index in [1.165, 1.54) is 23.7 Å². The zero-order chi connectivity index (χ0) is 19.4. The van der Waals surface area contributed by atoms with Crippen LogP contribution in [-0.2, 0) is 10.0 Å². The minimum absolute atomic E-state index is 0. The van der Waals surface area contributed by atoms with E-state index < -0.39 is 10.0 Å². The highest BCUT2D eigenvalue weighted by Crippen LogP contribution is 2.11. The molecule has 1 heterocycles. The van der Waals surface area contributed by atoms with Gasteiger partial charge in [-0.25, -0.2) is 12.7 Å². The summed E-state index contributed by atoms with van der Waals surface area (Å²) in [5.41, 5.74) is 0. The van der Waals surface area contributed by atoms with Crippen molar-refractivity contribution in [3.8, 4) is 0 Å². The van der Waals surface area contributed by atoms with Gasteiger partial charge in [0, 0.05) is 38.8 Å². The Morgan fingerprint density at radius 2 is 1.78 bits per heavy atom. The molecule has 1 saturated heterocycles. The molecule has 0 aromatic heterocycles. The summed E-state index contributed by atoms with van der Waals surface area (Å²) in [6.45, 7) is 13.5. The first-order valence-electron chi connectivity index (χ1n) is 10.2. The van der Waals surface area contributed by atoms with E-state index >= 15 is 0 Å². The van der Waals surface area contributed by atoms with E-state index in [1.807, 2.05) is 20.8 Å². The normalized spacial score (nSPS) is 17.0. The van der Waals surface area contributed by atoms with Gasteiger partial charge in [-0.3, -0.25) is 4.99 Å². The first-order chi connectivity index (χ1) is 12.5. The minimum Gasteiger partial charge on any atom is -0.357 e. The molecule has 0 bridgehead atoms. The van der Waals surface area contributed by atoms with Crippen LogP contribution in [0.15, 0.2) is 4.99 Å². The molecule has 0 atom stereocenters. The first-order valence-corrected chi connectivity index (χ1v) is 11.8. The molecule has 0 aromatic carbocycles. The number of hydrogen-bond donors (Lipinski definition) is 2. The number of rotatable bonds is 11. The van der Waals surface area contributed by atoms with Crippen molar-refractivity contribution in [1.29, 1.82) is 0 Å². The third kappa shape index (κ3) is 10.3. The van der Waals surface area contributed by atoms with Crippen molar-refractivity contribution in [2.45, 2.75) is 59.4 Å². The van der Waals surface area contributed by atoms with E-state index in [0.29, 0.717) is 19.1 Å². The molecule has 162 valence electrons. The predicted molar refractivity (Wildman–Crippen MR) is 126 cm³/mol. The Balaban J connectivity index is 0.00000676. The molecule has 0 amide bonds. The summed E-state index contributed by atoms with van der Waals surface area (Å²) >= 11 is 0. The van der Waals surface area contributed by atoms with Crippen LogP contribution < -0.4 is 10.6 Å². The van der Waals surface area contributed by atoms with Crippen LogP contribution in [0.4, 0.5) is 0 Å². The zero-order valence-corrected chi connectivity index (χ0v) is 20.7. The molecule has 7 nitrogen and oxygen atoms in total. The molecule has 27 heavy (non-hydrogen) atoms. The van der Waals surface area contributed by atoms with E-state index in [4.69, 9.17) is 0 Å². The number of nitrogens with one attached hydrogen (secondary N) is 2.